The van der Waals surface area contributed by atoms with E-state index in [-0.39, 0.29) is 0 Å². The fourth-order valence-electron chi connectivity index (χ4n) is 1.86. The Bertz CT molecular complexity index is 323. The van der Waals surface area contributed by atoms with Crippen LogP contribution in [-0.2, 0) is 4.79 Å². The highest BCUT2D eigenvalue weighted by molar-refractivity contribution is 5.80. The van der Waals surface area contributed by atoms with Crippen LogP contribution in [0.3, 0.4) is 0 Å². The Morgan fingerprint density at radius 2 is 1.39 bits per heavy atom. The first-order valence-corrected chi connectivity index (χ1v) is 8.79. The molecule has 0 spiro atoms. The molecular weight excluding hydrogens is 298 g/mol. The van der Waals surface area contributed by atoms with Crippen molar-refractivity contribution in [2.45, 2.75) is 91.4 Å². The monoisotopic (exact) mass is 332 g/mol. The van der Waals surface area contributed by atoms with Gasteiger partial charge < -0.3 is 5.11 Å². The number of allylic oxidation sites excluding steroid dienone is 3. The van der Waals surface area contributed by atoms with E-state index in [1.54, 1.807) is 0 Å². The summed E-state index contributed by atoms with van der Waals surface area (Å²) in [4.78, 5) is 9.70. The highest BCUT2D eigenvalue weighted by Gasteiger charge is 2.05. The van der Waals surface area contributed by atoms with E-state index >= 15 is 0 Å². The van der Waals surface area contributed by atoms with E-state index in [0.717, 1.165) is 6.92 Å². The lowest BCUT2D eigenvalue weighted by atomic mass is 10.1. The van der Waals surface area contributed by atoms with E-state index in [9.17, 15) is 13.6 Å². The molecule has 0 aromatic heterocycles. The SMILES string of the molecule is CC(=CC(=O)O)C(F)F.CCCC/C=C\CCCCCCCC. The van der Waals surface area contributed by atoms with Crippen LogP contribution in [0.1, 0.15) is 85.0 Å². The van der Waals surface area contributed by atoms with E-state index in [4.69, 9.17) is 5.11 Å². The molecule has 0 fully saturated rings. The van der Waals surface area contributed by atoms with Crippen LogP contribution >= 0.6 is 0 Å². The molecule has 0 aliphatic heterocycles. The van der Waals surface area contributed by atoms with Gasteiger partial charge in [-0.15, -0.1) is 0 Å². The maximum atomic E-state index is 11.5. The third kappa shape index (κ3) is 23.2. The van der Waals surface area contributed by atoms with Crippen molar-refractivity contribution in [3.8, 4) is 0 Å². The minimum absolute atomic E-state index is 0.428. The standard InChI is InChI=1S/C14H28.C5H6F2O2/c1-3-5-7-9-11-13-14-12-10-8-6-4-2;1-3(5(6)7)2-4(8)9/h9,11H,3-8,10,12-14H2,1-2H3;2,5H,1H3,(H,8,9)/b11-9-;. The van der Waals surface area contributed by atoms with Gasteiger partial charge >= 0.3 is 5.97 Å². The van der Waals surface area contributed by atoms with Crippen LogP contribution in [0.2, 0.25) is 0 Å². The summed E-state index contributed by atoms with van der Waals surface area (Å²) in [6.07, 6.45) is 16.3. The molecule has 23 heavy (non-hydrogen) atoms. The third-order valence-electron chi connectivity index (χ3n) is 3.31. The minimum atomic E-state index is -2.67. The molecule has 4 heteroatoms. The second-order valence-electron chi connectivity index (χ2n) is 5.70. The molecule has 0 amide bonds. The molecule has 0 radical (unpaired) electrons. The minimum Gasteiger partial charge on any atom is -0.478 e. The highest BCUT2D eigenvalue weighted by Crippen LogP contribution is 2.07. The van der Waals surface area contributed by atoms with E-state index in [1.807, 2.05) is 0 Å². The first-order valence-electron chi connectivity index (χ1n) is 8.79. The lowest BCUT2D eigenvalue weighted by molar-refractivity contribution is -0.131. The van der Waals surface area contributed by atoms with E-state index in [1.165, 1.54) is 64.2 Å². The Hall–Kier alpha value is -1.19. The molecule has 136 valence electrons. The molecule has 1 N–H and O–H groups in total. The second kappa shape index (κ2) is 18.9. The summed E-state index contributed by atoms with van der Waals surface area (Å²) < 4.78 is 22.9. The number of hydrogen-bond acceptors (Lipinski definition) is 1. The molecule has 0 rings (SSSR count). The van der Waals surface area contributed by atoms with Crippen molar-refractivity contribution in [1.29, 1.82) is 0 Å². The number of carboxylic acids is 1. The van der Waals surface area contributed by atoms with Gasteiger partial charge in [0.1, 0.15) is 0 Å². The van der Waals surface area contributed by atoms with Crippen molar-refractivity contribution >= 4 is 5.97 Å². The first-order chi connectivity index (χ1) is 11.0. The number of alkyl halides is 2. The number of aliphatic carboxylic acids is 1. The van der Waals surface area contributed by atoms with Gasteiger partial charge in [-0.1, -0.05) is 70.9 Å². The van der Waals surface area contributed by atoms with Gasteiger partial charge in [-0.25, -0.2) is 13.6 Å². The van der Waals surface area contributed by atoms with Crippen LogP contribution in [-0.4, -0.2) is 17.5 Å². The van der Waals surface area contributed by atoms with E-state index in [0.29, 0.717) is 6.08 Å². The molecule has 0 saturated heterocycles. The summed E-state index contributed by atoms with van der Waals surface area (Å²) in [6.45, 7) is 5.59. The van der Waals surface area contributed by atoms with Gasteiger partial charge in [-0.3, -0.25) is 0 Å². The molecule has 0 saturated carbocycles. The number of halogens is 2. The lowest BCUT2D eigenvalue weighted by Crippen LogP contribution is -1.96. The van der Waals surface area contributed by atoms with Gasteiger partial charge in [0.05, 0.1) is 0 Å². The van der Waals surface area contributed by atoms with Crippen molar-refractivity contribution < 1.29 is 18.7 Å². The molecule has 0 bridgehead atoms. The normalized spacial score (nSPS) is 11.7. The third-order valence-corrected chi connectivity index (χ3v) is 3.31. The first kappa shape index (κ1) is 24.1. The quantitative estimate of drug-likeness (QED) is 0.243. The number of unbranched alkanes of at least 4 members (excludes halogenated alkanes) is 8. The van der Waals surface area contributed by atoms with Crippen molar-refractivity contribution in [2.75, 3.05) is 0 Å². The molecule has 0 atom stereocenters. The van der Waals surface area contributed by atoms with Crippen molar-refractivity contribution in [3.63, 3.8) is 0 Å². The summed E-state index contributed by atoms with van der Waals surface area (Å²) in [5.74, 6) is -1.34. The van der Waals surface area contributed by atoms with Crippen molar-refractivity contribution in [1.82, 2.24) is 0 Å². The number of carbonyl (C=O) groups is 1. The summed E-state index contributed by atoms with van der Waals surface area (Å²) >= 11 is 0. The zero-order valence-corrected chi connectivity index (χ0v) is 15.0. The van der Waals surface area contributed by atoms with E-state index in [2.05, 4.69) is 26.0 Å². The van der Waals surface area contributed by atoms with Crippen LogP contribution in [0, 0.1) is 0 Å². The zero-order valence-electron chi connectivity index (χ0n) is 15.0. The molecule has 0 aliphatic carbocycles. The molecular formula is C19H34F2O2. The van der Waals surface area contributed by atoms with Gasteiger partial charge in [0.2, 0.25) is 0 Å². The number of hydrogen-bond donors (Lipinski definition) is 1. The van der Waals surface area contributed by atoms with Gasteiger partial charge in [-0.2, -0.15) is 0 Å². The Morgan fingerprint density at radius 3 is 1.83 bits per heavy atom. The molecule has 0 aromatic rings. The van der Waals surface area contributed by atoms with Gasteiger partial charge in [0, 0.05) is 6.08 Å². The molecule has 0 unspecified atom stereocenters. The average Bonchev–Trinajstić information content (AvgIpc) is 2.49. The maximum Gasteiger partial charge on any atom is 0.328 e. The Labute approximate surface area is 140 Å². The second-order valence-corrected chi connectivity index (χ2v) is 5.70. The fraction of sp³-hybridized carbons (Fsp3) is 0.737. The number of carboxylic acid groups (broad SMARTS) is 1. The number of rotatable bonds is 12. The smallest absolute Gasteiger partial charge is 0.328 e. The van der Waals surface area contributed by atoms with Crippen LogP contribution in [0.4, 0.5) is 8.78 Å². The van der Waals surface area contributed by atoms with Crippen molar-refractivity contribution in [2.24, 2.45) is 0 Å². The van der Waals surface area contributed by atoms with Crippen LogP contribution in [0.25, 0.3) is 0 Å². The predicted octanol–water partition coefficient (Wildman–Crippen LogP) is 6.77. The predicted molar refractivity (Wildman–Crippen MR) is 94.1 cm³/mol. The molecule has 2 nitrogen and oxygen atoms in total. The summed E-state index contributed by atoms with van der Waals surface area (Å²) in [5.41, 5.74) is -0.428. The summed E-state index contributed by atoms with van der Waals surface area (Å²) in [5, 5.41) is 7.92. The van der Waals surface area contributed by atoms with Gasteiger partial charge in [-0.05, 0) is 31.8 Å². The fourth-order valence-corrected chi connectivity index (χ4v) is 1.86. The highest BCUT2D eigenvalue weighted by atomic mass is 19.3. The Balaban J connectivity index is 0. The molecule has 0 heterocycles. The Kier molecular flexibility index (Phi) is 19.7. The Morgan fingerprint density at radius 1 is 0.913 bits per heavy atom. The van der Waals surface area contributed by atoms with E-state index < -0.39 is 18.0 Å². The molecule has 0 aliphatic rings. The summed E-state index contributed by atoms with van der Waals surface area (Å²) in [7, 11) is 0. The van der Waals surface area contributed by atoms with Crippen molar-refractivity contribution in [3.05, 3.63) is 23.8 Å². The lowest BCUT2D eigenvalue weighted by Gasteiger charge is -1.97. The van der Waals surface area contributed by atoms with Crippen LogP contribution in [0.5, 0.6) is 0 Å². The van der Waals surface area contributed by atoms with Gasteiger partial charge in [0.15, 0.2) is 0 Å². The molecule has 0 aromatic carbocycles. The zero-order chi connectivity index (χ0) is 17.9. The largest absolute Gasteiger partial charge is 0.478 e. The van der Waals surface area contributed by atoms with Crippen LogP contribution < -0.4 is 0 Å². The van der Waals surface area contributed by atoms with Gasteiger partial charge in [0.25, 0.3) is 6.43 Å². The van der Waals surface area contributed by atoms with Crippen LogP contribution in [0.15, 0.2) is 23.8 Å². The topological polar surface area (TPSA) is 37.3 Å². The maximum absolute atomic E-state index is 11.5. The summed E-state index contributed by atoms with van der Waals surface area (Å²) in [6, 6.07) is 0. The average molecular weight is 332 g/mol.